The maximum Gasteiger partial charge on any atom is 0.289 e. The monoisotopic (exact) mass is 533 g/mol. The average molecular weight is 535 g/mol. The quantitative estimate of drug-likeness (QED) is 0.341. The van der Waals surface area contributed by atoms with Crippen LogP contribution in [-0.2, 0) is 24.4 Å². The van der Waals surface area contributed by atoms with Gasteiger partial charge in [0.1, 0.15) is 18.2 Å². The number of ether oxygens (including phenoxy) is 1. The van der Waals surface area contributed by atoms with Gasteiger partial charge in [0.2, 0.25) is 5.91 Å². The number of imide groups is 1. The molecule has 1 aliphatic heterocycles. The summed E-state index contributed by atoms with van der Waals surface area (Å²) in [5.74, 6) is 0.0953. The van der Waals surface area contributed by atoms with Gasteiger partial charge in [-0.05, 0) is 75.4 Å². The molecule has 8 heteroatoms. The van der Waals surface area contributed by atoms with Crippen LogP contribution in [0.5, 0.6) is 5.75 Å². The molecule has 164 valence electrons. The predicted octanol–water partition coefficient (Wildman–Crippen LogP) is 6.63. The molecule has 0 radical (unpaired) electrons. The van der Waals surface area contributed by atoms with Crippen LogP contribution in [-0.4, -0.2) is 21.3 Å². The summed E-state index contributed by atoms with van der Waals surface area (Å²) in [6, 6.07) is 18.9. The first-order valence-electron chi connectivity index (χ1n) is 9.81. The molecule has 3 aromatic carbocycles. The van der Waals surface area contributed by atoms with E-state index in [0.717, 1.165) is 27.4 Å². The number of amides is 2. The fourth-order valence-corrected chi connectivity index (χ4v) is 4.98. The van der Waals surface area contributed by atoms with Gasteiger partial charge in [-0.15, -0.1) is 0 Å². The lowest BCUT2D eigenvalue weighted by Gasteiger charge is -2.14. The SMILES string of the molecule is O=C1S[C@H](Cc2ccc(OCc3ccc(Cl)cc3)c(Br)c2)C(=O)N1Cc1ccc(F)cc1. The molecule has 0 aliphatic carbocycles. The fourth-order valence-electron chi connectivity index (χ4n) is 3.29. The molecule has 1 saturated heterocycles. The van der Waals surface area contributed by atoms with Gasteiger partial charge in [-0.1, -0.05) is 53.7 Å². The van der Waals surface area contributed by atoms with Gasteiger partial charge < -0.3 is 4.74 Å². The molecule has 0 bridgehead atoms. The Kier molecular flexibility index (Phi) is 7.18. The van der Waals surface area contributed by atoms with Gasteiger partial charge in [-0.2, -0.15) is 0 Å². The van der Waals surface area contributed by atoms with Gasteiger partial charge in [0.05, 0.1) is 16.3 Å². The van der Waals surface area contributed by atoms with E-state index in [1.54, 1.807) is 12.1 Å². The van der Waals surface area contributed by atoms with Crippen LogP contribution >= 0.6 is 39.3 Å². The molecule has 1 aliphatic rings. The minimum atomic E-state index is -0.490. The van der Waals surface area contributed by atoms with Crippen molar-refractivity contribution in [3.8, 4) is 5.75 Å². The van der Waals surface area contributed by atoms with E-state index in [2.05, 4.69) is 15.9 Å². The van der Waals surface area contributed by atoms with Crippen LogP contribution in [0.25, 0.3) is 0 Å². The summed E-state index contributed by atoms with van der Waals surface area (Å²) in [5, 5.41) is -0.102. The Morgan fingerprint density at radius 1 is 0.969 bits per heavy atom. The molecule has 0 unspecified atom stereocenters. The van der Waals surface area contributed by atoms with Crippen molar-refractivity contribution in [1.29, 1.82) is 0 Å². The Morgan fingerprint density at radius 3 is 2.31 bits per heavy atom. The van der Waals surface area contributed by atoms with Gasteiger partial charge in [-0.25, -0.2) is 4.39 Å². The van der Waals surface area contributed by atoms with Crippen LogP contribution in [0.15, 0.2) is 71.2 Å². The first-order chi connectivity index (χ1) is 15.4. The standard InChI is InChI=1S/C24H18BrClFNO3S/c25-20-11-17(5-10-21(20)31-14-16-1-6-18(26)7-2-16)12-22-23(29)28(24(30)32-22)13-15-3-8-19(27)9-4-15/h1-11,22H,12-14H2/t22-/m1/s1. The highest BCUT2D eigenvalue weighted by molar-refractivity contribution is 9.10. The highest BCUT2D eigenvalue weighted by Crippen LogP contribution is 2.33. The number of hydrogen-bond donors (Lipinski definition) is 0. The van der Waals surface area contributed by atoms with E-state index in [4.69, 9.17) is 16.3 Å². The Morgan fingerprint density at radius 2 is 1.62 bits per heavy atom. The number of halogens is 3. The second kappa shape index (κ2) is 10.1. The lowest BCUT2D eigenvalue weighted by Crippen LogP contribution is -2.31. The summed E-state index contributed by atoms with van der Waals surface area (Å²) in [7, 11) is 0. The topological polar surface area (TPSA) is 46.6 Å². The summed E-state index contributed by atoms with van der Waals surface area (Å²) in [4.78, 5) is 26.4. The maximum atomic E-state index is 13.1. The lowest BCUT2D eigenvalue weighted by molar-refractivity contribution is -0.127. The molecule has 0 N–H and O–H groups in total. The predicted molar refractivity (Wildman–Crippen MR) is 127 cm³/mol. The number of hydrogen-bond acceptors (Lipinski definition) is 4. The summed E-state index contributed by atoms with van der Waals surface area (Å²) < 4.78 is 19.7. The number of benzene rings is 3. The van der Waals surface area contributed by atoms with E-state index >= 15 is 0 Å². The van der Waals surface area contributed by atoms with E-state index in [9.17, 15) is 14.0 Å². The summed E-state index contributed by atoms with van der Waals surface area (Å²) in [5.41, 5.74) is 2.62. The van der Waals surface area contributed by atoms with Crippen molar-refractivity contribution in [1.82, 2.24) is 4.90 Å². The van der Waals surface area contributed by atoms with Crippen LogP contribution in [0.4, 0.5) is 9.18 Å². The molecular weight excluding hydrogens is 517 g/mol. The zero-order chi connectivity index (χ0) is 22.7. The second-order valence-electron chi connectivity index (χ2n) is 7.31. The van der Waals surface area contributed by atoms with Crippen LogP contribution in [0.1, 0.15) is 16.7 Å². The molecule has 3 aromatic rings. The van der Waals surface area contributed by atoms with E-state index in [-0.39, 0.29) is 23.5 Å². The van der Waals surface area contributed by atoms with Gasteiger partial charge in [0.25, 0.3) is 5.24 Å². The van der Waals surface area contributed by atoms with E-state index in [1.165, 1.54) is 17.0 Å². The van der Waals surface area contributed by atoms with Crippen molar-refractivity contribution in [3.63, 3.8) is 0 Å². The first kappa shape index (κ1) is 22.8. The zero-order valence-corrected chi connectivity index (χ0v) is 19.9. The first-order valence-corrected chi connectivity index (χ1v) is 11.9. The molecule has 1 heterocycles. The zero-order valence-electron chi connectivity index (χ0n) is 16.8. The molecule has 4 nitrogen and oxygen atoms in total. The van der Waals surface area contributed by atoms with Crippen LogP contribution in [0, 0.1) is 5.82 Å². The smallest absolute Gasteiger partial charge is 0.289 e. The molecule has 1 atom stereocenters. The molecular formula is C24H18BrClFNO3S. The number of carbonyl (C=O) groups is 2. The number of rotatable bonds is 7. The number of nitrogens with zero attached hydrogens (tertiary/aromatic N) is 1. The third-order valence-electron chi connectivity index (χ3n) is 4.98. The van der Waals surface area contributed by atoms with Gasteiger partial charge in [0, 0.05) is 5.02 Å². The minimum absolute atomic E-state index is 0.141. The van der Waals surface area contributed by atoms with Crippen molar-refractivity contribution >= 4 is 50.4 Å². The van der Waals surface area contributed by atoms with Crippen LogP contribution < -0.4 is 4.74 Å². The largest absolute Gasteiger partial charge is 0.488 e. The molecule has 2 amide bonds. The Hall–Kier alpha value is -2.35. The van der Waals surface area contributed by atoms with Gasteiger partial charge in [-0.3, -0.25) is 14.5 Å². The molecule has 1 fully saturated rings. The van der Waals surface area contributed by atoms with E-state index < -0.39 is 5.25 Å². The third kappa shape index (κ3) is 5.52. The molecule has 0 aromatic heterocycles. The van der Waals surface area contributed by atoms with Crippen molar-refractivity contribution in [2.45, 2.75) is 24.8 Å². The Bertz CT molecular complexity index is 1140. The molecule has 0 saturated carbocycles. The molecule has 0 spiro atoms. The maximum absolute atomic E-state index is 13.1. The summed E-state index contributed by atoms with van der Waals surface area (Å²) >= 11 is 10.5. The number of thioether (sulfide) groups is 1. The average Bonchev–Trinajstić information content (AvgIpc) is 3.03. The van der Waals surface area contributed by atoms with Crippen molar-refractivity contribution < 1.29 is 18.7 Å². The summed E-state index contributed by atoms with van der Waals surface area (Å²) in [6.07, 6.45) is 0.422. The Labute approximate surface area is 202 Å². The molecule has 4 rings (SSSR count). The highest BCUT2D eigenvalue weighted by Gasteiger charge is 2.39. The van der Waals surface area contributed by atoms with Crippen molar-refractivity contribution in [3.05, 3.63) is 98.7 Å². The lowest BCUT2D eigenvalue weighted by atomic mass is 10.1. The minimum Gasteiger partial charge on any atom is -0.488 e. The normalized spacial score (nSPS) is 16.0. The van der Waals surface area contributed by atoms with Gasteiger partial charge in [0.15, 0.2) is 0 Å². The summed E-state index contributed by atoms with van der Waals surface area (Å²) in [6.45, 7) is 0.543. The fraction of sp³-hybridized carbons (Fsp3) is 0.167. The van der Waals surface area contributed by atoms with Crippen LogP contribution in [0.2, 0.25) is 5.02 Å². The van der Waals surface area contributed by atoms with Gasteiger partial charge >= 0.3 is 0 Å². The van der Waals surface area contributed by atoms with E-state index in [1.807, 2.05) is 42.5 Å². The highest BCUT2D eigenvalue weighted by atomic mass is 79.9. The molecule has 32 heavy (non-hydrogen) atoms. The van der Waals surface area contributed by atoms with Crippen molar-refractivity contribution in [2.24, 2.45) is 0 Å². The number of carbonyl (C=O) groups excluding carboxylic acids is 2. The third-order valence-corrected chi connectivity index (χ3v) is 6.93. The van der Waals surface area contributed by atoms with E-state index in [0.29, 0.717) is 29.4 Å². The Balaban J connectivity index is 1.37. The van der Waals surface area contributed by atoms with Crippen molar-refractivity contribution in [2.75, 3.05) is 0 Å². The van der Waals surface area contributed by atoms with Crippen LogP contribution in [0.3, 0.4) is 0 Å². The second-order valence-corrected chi connectivity index (χ2v) is 9.75.